The number of carbonyl (C=O) groups is 1. The van der Waals surface area contributed by atoms with Gasteiger partial charge in [-0.2, -0.15) is 5.10 Å². The summed E-state index contributed by atoms with van der Waals surface area (Å²) in [6.45, 7) is 1.85. The van der Waals surface area contributed by atoms with Gasteiger partial charge in [-0.1, -0.05) is 6.07 Å². The van der Waals surface area contributed by atoms with E-state index in [-0.39, 0.29) is 5.91 Å². The maximum Gasteiger partial charge on any atom is 0.275 e. The molecular formula is C15H16N6O. The lowest BCUT2D eigenvalue weighted by Crippen LogP contribution is -2.17. The maximum atomic E-state index is 12.3. The smallest absolute Gasteiger partial charge is 0.275 e. The molecule has 0 aliphatic heterocycles. The number of anilines is 1. The Bertz CT molecular complexity index is 832. The molecule has 0 spiro atoms. The summed E-state index contributed by atoms with van der Waals surface area (Å²) in [5.41, 5.74) is 1.93. The van der Waals surface area contributed by atoms with Crippen LogP contribution >= 0.6 is 0 Å². The van der Waals surface area contributed by atoms with Crippen LogP contribution in [0.5, 0.6) is 0 Å². The second-order valence-electron chi connectivity index (χ2n) is 5.02. The first-order valence-electron chi connectivity index (χ1n) is 6.81. The molecule has 0 fully saturated rings. The summed E-state index contributed by atoms with van der Waals surface area (Å²) in [7, 11) is 3.67. The van der Waals surface area contributed by atoms with E-state index in [0.29, 0.717) is 17.2 Å². The minimum Gasteiger partial charge on any atom is -0.333 e. The van der Waals surface area contributed by atoms with Gasteiger partial charge in [0.2, 0.25) is 0 Å². The number of pyridine rings is 1. The van der Waals surface area contributed by atoms with E-state index in [2.05, 4.69) is 20.4 Å². The highest BCUT2D eigenvalue weighted by Gasteiger charge is 2.15. The summed E-state index contributed by atoms with van der Waals surface area (Å²) < 4.78 is 3.48. The highest BCUT2D eigenvalue weighted by Crippen LogP contribution is 2.19. The van der Waals surface area contributed by atoms with Crippen molar-refractivity contribution in [2.45, 2.75) is 6.92 Å². The first-order valence-corrected chi connectivity index (χ1v) is 6.81. The van der Waals surface area contributed by atoms with Crippen LogP contribution in [0, 0.1) is 6.92 Å². The van der Waals surface area contributed by atoms with Crippen LogP contribution in [0.2, 0.25) is 0 Å². The van der Waals surface area contributed by atoms with Crippen molar-refractivity contribution >= 4 is 11.7 Å². The number of nitrogens with one attached hydrogen (secondary N) is 1. The van der Waals surface area contributed by atoms with E-state index >= 15 is 0 Å². The lowest BCUT2D eigenvalue weighted by atomic mass is 10.2. The number of hydrogen-bond acceptors (Lipinski definition) is 4. The van der Waals surface area contributed by atoms with Crippen LogP contribution in [0.15, 0.2) is 36.8 Å². The minimum atomic E-state index is -0.257. The Labute approximate surface area is 127 Å². The Morgan fingerprint density at radius 1 is 1.23 bits per heavy atom. The zero-order chi connectivity index (χ0) is 15.7. The average molecular weight is 296 g/mol. The Kier molecular flexibility index (Phi) is 3.46. The molecule has 1 N–H and O–H groups in total. The first-order chi connectivity index (χ1) is 10.6. The van der Waals surface area contributed by atoms with Crippen LogP contribution in [-0.4, -0.2) is 30.2 Å². The molecule has 0 radical (unpaired) electrons. The molecule has 7 nitrogen and oxygen atoms in total. The minimum absolute atomic E-state index is 0.257. The maximum absolute atomic E-state index is 12.3. The number of aromatic nitrogens is 5. The highest BCUT2D eigenvalue weighted by atomic mass is 16.2. The van der Waals surface area contributed by atoms with Crippen LogP contribution in [-0.2, 0) is 14.1 Å². The van der Waals surface area contributed by atoms with Crippen molar-refractivity contribution < 1.29 is 4.79 Å². The van der Waals surface area contributed by atoms with Crippen molar-refractivity contribution in [2.24, 2.45) is 14.1 Å². The van der Waals surface area contributed by atoms with Gasteiger partial charge in [0.15, 0.2) is 5.82 Å². The van der Waals surface area contributed by atoms with Gasteiger partial charge in [-0.25, -0.2) is 4.98 Å². The fourth-order valence-electron chi connectivity index (χ4n) is 2.20. The van der Waals surface area contributed by atoms with Gasteiger partial charge in [-0.3, -0.25) is 14.5 Å². The molecule has 3 aromatic rings. The summed E-state index contributed by atoms with van der Waals surface area (Å²) in [4.78, 5) is 20.7. The molecule has 0 aliphatic rings. The summed E-state index contributed by atoms with van der Waals surface area (Å²) in [6.07, 6.45) is 5.16. The predicted molar refractivity (Wildman–Crippen MR) is 82.3 cm³/mol. The molecule has 3 aromatic heterocycles. The molecule has 0 atom stereocenters. The summed E-state index contributed by atoms with van der Waals surface area (Å²) >= 11 is 0. The molecule has 7 heteroatoms. The normalized spacial score (nSPS) is 10.7. The van der Waals surface area contributed by atoms with E-state index in [9.17, 15) is 4.79 Å². The SMILES string of the molecule is Cc1cccnc1C(=O)Nc1cc(-c2nccn2C)nn1C. The van der Waals surface area contributed by atoms with Crippen LogP contribution in [0.3, 0.4) is 0 Å². The Hall–Kier alpha value is -2.96. The number of aryl methyl sites for hydroxylation is 3. The average Bonchev–Trinajstić information content (AvgIpc) is 3.06. The molecule has 22 heavy (non-hydrogen) atoms. The van der Waals surface area contributed by atoms with Gasteiger partial charge in [-0.15, -0.1) is 0 Å². The highest BCUT2D eigenvalue weighted by molar-refractivity contribution is 6.03. The summed E-state index contributed by atoms with van der Waals surface area (Å²) in [5, 5.41) is 7.21. The van der Waals surface area contributed by atoms with Crippen molar-refractivity contribution in [1.82, 2.24) is 24.3 Å². The predicted octanol–water partition coefficient (Wildman–Crippen LogP) is 1.78. The number of nitrogens with zero attached hydrogens (tertiary/aromatic N) is 5. The molecule has 0 aromatic carbocycles. The number of imidazole rings is 1. The molecule has 3 heterocycles. The molecule has 0 bridgehead atoms. The van der Waals surface area contributed by atoms with Gasteiger partial charge in [0, 0.05) is 38.8 Å². The molecule has 0 aliphatic carbocycles. The van der Waals surface area contributed by atoms with E-state index in [1.165, 1.54) is 0 Å². The van der Waals surface area contributed by atoms with Crippen molar-refractivity contribution in [2.75, 3.05) is 5.32 Å². The third-order valence-electron chi connectivity index (χ3n) is 3.40. The number of amides is 1. The molecular weight excluding hydrogens is 280 g/mol. The molecule has 3 rings (SSSR count). The molecule has 0 saturated carbocycles. The van der Waals surface area contributed by atoms with Gasteiger partial charge >= 0.3 is 0 Å². The van der Waals surface area contributed by atoms with Gasteiger partial charge in [0.05, 0.1) is 0 Å². The first kappa shape index (κ1) is 14.0. The van der Waals surface area contributed by atoms with E-state index in [1.54, 1.807) is 36.3 Å². The van der Waals surface area contributed by atoms with Crippen LogP contribution in [0.4, 0.5) is 5.82 Å². The fraction of sp³-hybridized carbons (Fsp3) is 0.200. The van der Waals surface area contributed by atoms with Gasteiger partial charge in [-0.05, 0) is 18.6 Å². The van der Waals surface area contributed by atoms with Crippen molar-refractivity contribution in [3.63, 3.8) is 0 Å². The third kappa shape index (κ3) is 2.48. The number of hydrogen-bond donors (Lipinski definition) is 1. The zero-order valence-electron chi connectivity index (χ0n) is 12.6. The summed E-state index contributed by atoms with van der Waals surface area (Å²) in [6, 6.07) is 5.44. The molecule has 0 saturated heterocycles. The van der Waals surface area contributed by atoms with E-state index in [1.807, 2.05) is 30.8 Å². The Balaban J connectivity index is 1.88. The number of rotatable bonds is 3. The standard InChI is InChI=1S/C15H16N6O/c1-10-5-4-6-16-13(10)15(22)18-12-9-11(19-21(12)3)14-17-7-8-20(14)2/h4-9H,1-3H3,(H,18,22). The van der Waals surface area contributed by atoms with Crippen LogP contribution in [0.1, 0.15) is 16.1 Å². The lowest BCUT2D eigenvalue weighted by Gasteiger charge is -2.06. The number of carbonyl (C=O) groups excluding carboxylic acids is 1. The van der Waals surface area contributed by atoms with Crippen molar-refractivity contribution in [3.05, 3.63) is 48.0 Å². The Morgan fingerprint density at radius 2 is 2.05 bits per heavy atom. The molecule has 1 amide bonds. The third-order valence-corrected chi connectivity index (χ3v) is 3.40. The van der Waals surface area contributed by atoms with Gasteiger partial charge < -0.3 is 9.88 Å². The van der Waals surface area contributed by atoms with E-state index in [4.69, 9.17) is 0 Å². The lowest BCUT2D eigenvalue weighted by molar-refractivity contribution is 0.102. The second kappa shape index (κ2) is 5.44. The monoisotopic (exact) mass is 296 g/mol. The molecule has 112 valence electrons. The van der Waals surface area contributed by atoms with Crippen molar-refractivity contribution in [1.29, 1.82) is 0 Å². The van der Waals surface area contributed by atoms with Gasteiger partial charge in [0.25, 0.3) is 5.91 Å². The molecule has 0 unspecified atom stereocenters. The zero-order valence-corrected chi connectivity index (χ0v) is 12.6. The summed E-state index contributed by atoms with van der Waals surface area (Å²) in [5.74, 6) is 1.07. The van der Waals surface area contributed by atoms with Crippen LogP contribution < -0.4 is 5.32 Å². The topological polar surface area (TPSA) is 77.6 Å². The largest absolute Gasteiger partial charge is 0.333 e. The van der Waals surface area contributed by atoms with E-state index in [0.717, 1.165) is 11.4 Å². The Morgan fingerprint density at radius 3 is 2.73 bits per heavy atom. The fourth-order valence-corrected chi connectivity index (χ4v) is 2.20. The van der Waals surface area contributed by atoms with E-state index < -0.39 is 0 Å². The van der Waals surface area contributed by atoms with Crippen molar-refractivity contribution in [3.8, 4) is 11.5 Å². The van der Waals surface area contributed by atoms with Crippen LogP contribution in [0.25, 0.3) is 11.5 Å². The van der Waals surface area contributed by atoms with Gasteiger partial charge in [0.1, 0.15) is 17.2 Å². The second-order valence-corrected chi connectivity index (χ2v) is 5.02. The quantitative estimate of drug-likeness (QED) is 0.799.